The first kappa shape index (κ1) is 26.6. The summed E-state index contributed by atoms with van der Waals surface area (Å²) in [5, 5.41) is 12.7. The molecule has 0 saturated heterocycles. The van der Waals surface area contributed by atoms with Gasteiger partial charge in [0.1, 0.15) is 5.60 Å². The molecule has 1 unspecified atom stereocenters. The number of carbonyl (C=O) groups excluding carboxylic acids is 2. The molecule has 1 N–H and O–H groups in total. The molecule has 0 aromatic heterocycles. The van der Waals surface area contributed by atoms with Crippen LogP contribution in [0.5, 0.6) is 23.0 Å². The highest BCUT2D eigenvalue weighted by atomic mass is 16.7. The second kappa shape index (κ2) is 9.66. The number of anilines is 1. The Balaban J connectivity index is 1.49. The van der Waals surface area contributed by atoms with Crippen molar-refractivity contribution in [2.24, 2.45) is 0 Å². The minimum absolute atomic E-state index is 0.0435. The van der Waals surface area contributed by atoms with Crippen LogP contribution in [-0.4, -0.2) is 48.9 Å². The summed E-state index contributed by atoms with van der Waals surface area (Å²) in [6.07, 6.45) is 4.83. The molecule has 2 atom stereocenters. The van der Waals surface area contributed by atoms with Crippen LogP contribution in [0.1, 0.15) is 66.1 Å². The zero-order valence-corrected chi connectivity index (χ0v) is 24.0. The lowest BCUT2D eigenvalue weighted by Crippen LogP contribution is -2.68. The molecule has 0 bridgehead atoms. The Labute approximate surface area is 244 Å². The van der Waals surface area contributed by atoms with Gasteiger partial charge in [0.2, 0.25) is 6.79 Å². The lowest BCUT2D eigenvalue weighted by molar-refractivity contribution is -0.154. The molecule has 4 aliphatic rings. The van der Waals surface area contributed by atoms with Crippen molar-refractivity contribution in [3.8, 4) is 23.0 Å². The number of hydrogen-bond acceptors (Lipinski definition) is 7. The molecule has 3 aliphatic heterocycles. The van der Waals surface area contributed by atoms with E-state index in [0.29, 0.717) is 45.4 Å². The Hall–Kier alpha value is -4.24. The van der Waals surface area contributed by atoms with E-state index in [1.807, 2.05) is 17.0 Å². The molecule has 9 nitrogen and oxygen atoms in total. The van der Waals surface area contributed by atoms with Crippen molar-refractivity contribution >= 4 is 17.5 Å². The van der Waals surface area contributed by atoms with E-state index in [4.69, 9.17) is 18.9 Å². The Bertz CT molecular complexity index is 1600. The van der Waals surface area contributed by atoms with E-state index in [1.54, 1.807) is 68.5 Å². The lowest BCUT2D eigenvalue weighted by atomic mass is 9.66. The van der Waals surface area contributed by atoms with Gasteiger partial charge < -0.3 is 33.9 Å². The van der Waals surface area contributed by atoms with E-state index < -0.39 is 11.1 Å². The molecular weight excluding hydrogens is 536 g/mol. The third-order valence-electron chi connectivity index (χ3n) is 9.43. The largest absolute Gasteiger partial charge is 0.493 e. The highest BCUT2D eigenvalue weighted by Crippen LogP contribution is 2.60. The first-order chi connectivity index (χ1) is 20.3. The normalized spacial score (nSPS) is 24.7. The van der Waals surface area contributed by atoms with Gasteiger partial charge in [-0.25, -0.2) is 0 Å². The maximum absolute atomic E-state index is 15.2. The Morgan fingerprint density at radius 1 is 0.905 bits per heavy atom. The van der Waals surface area contributed by atoms with Crippen molar-refractivity contribution in [1.82, 2.24) is 4.90 Å². The average Bonchev–Trinajstić information content (AvgIpc) is 3.57. The minimum Gasteiger partial charge on any atom is -0.493 e. The van der Waals surface area contributed by atoms with Crippen LogP contribution < -0.4 is 23.8 Å². The number of rotatable bonds is 5. The zero-order valence-electron chi connectivity index (χ0n) is 24.0. The van der Waals surface area contributed by atoms with Gasteiger partial charge in [-0.05, 0) is 55.2 Å². The Morgan fingerprint density at radius 2 is 1.62 bits per heavy atom. The van der Waals surface area contributed by atoms with Gasteiger partial charge in [0.15, 0.2) is 28.5 Å². The number of hydrogen-bond donors (Lipinski definition) is 1. The number of aliphatic hydroxyl groups is 1. The topological polar surface area (TPSA) is 97.8 Å². The summed E-state index contributed by atoms with van der Waals surface area (Å²) in [5.74, 6) is 1.44. The molecule has 218 valence electrons. The number of nitrogens with zero attached hydrogens (tertiary/aromatic N) is 2. The molecular formula is C33H34N2O7. The number of ether oxygens (including phenoxy) is 4. The van der Waals surface area contributed by atoms with E-state index in [0.717, 1.165) is 37.7 Å². The van der Waals surface area contributed by atoms with Crippen LogP contribution in [0.4, 0.5) is 5.69 Å². The van der Waals surface area contributed by atoms with E-state index in [2.05, 4.69) is 0 Å². The highest BCUT2D eigenvalue weighted by Gasteiger charge is 2.69. The van der Waals surface area contributed by atoms with Gasteiger partial charge in [0.05, 0.1) is 19.9 Å². The van der Waals surface area contributed by atoms with Crippen LogP contribution in [0.3, 0.4) is 0 Å². The Kier molecular flexibility index (Phi) is 6.13. The monoisotopic (exact) mass is 570 g/mol. The summed E-state index contributed by atoms with van der Waals surface area (Å²) in [5.41, 5.74) is -0.852. The van der Waals surface area contributed by atoms with E-state index in [1.165, 1.54) is 0 Å². The van der Waals surface area contributed by atoms with Crippen molar-refractivity contribution in [3.63, 3.8) is 0 Å². The van der Waals surface area contributed by atoms with Crippen molar-refractivity contribution in [2.45, 2.75) is 62.8 Å². The molecule has 3 aromatic carbocycles. The number of amides is 2. The molecule has 1 fully saturated rings. The second-order valence-corrected chi connectivity index (χ2v) is 11.6. The molecule has 1 aliphatic carbocycles. The van der Waals surface area contributed by atoms with Gasteiger partial charge in [-0.15, -0.1) is 0 Å². The maximum atomic E-state index is 15.2. The van der Waals surface area contributed by atoms with Gasteiger partial charge in [0.25, 0.3) is 11.8 Å². The van der Waals surface area contributed by atoms with Crippen LogP contribution in [-0.2, 0) is 22.5 Å². The van der Waals surface area contributed by atoms with Gasteiger partial charge in [-0.3, -0.25) is 9.59 Å². The number of methoxy groups -OCH3 is 2. The molecule has 2 amide bonds. The van der Waals surface area contributed by atoms with Crippen LogP contribution in [0.25, 0.3) is 0 Å². The SMILES string of the molecule is COc1ccc(CN2C(=O)c3ccccc3[C@](C)(O)C23C(=O)N(C2CCCCC2)c2cc4c(cc23)OCO4)cc1OC. The minimum atomic E-state index is -1.78. The summed E-state index contributed by atoms with van der Waals surface area (Å²) >= 11 is 0. The van der Waals surface area contributed by atoms with Gasteiger partial charge >= 0.3 is 0 Å². The second-order valence-electron chi connectivity index (χ2n) is 11.6. The molecule has 7 rings (SSSR count). The van der Waals surface area contributed by atoms with Crippen molar-refractivity contribution in [3.05, 3.63) is 76.9 Å². The van der Waals surface area contributed by atoms with Crippen LogP contribution in [0.15, 0.2) is 54.6 Å². The summed E-state index contributed by atoms with van der Waals surface area (Å²) in [7, 11) is 3.12. The predicted molar refractivity (Wildman–Crippen MR) is 154 cm³/mol. The first-order valence-corrected chi connectivity index (χ1v) is 14.5. The van der Waals surface area contributed by atoms with Crippen molar-refractivity contribution in [1.29, 1.82) is 0 Å². The molecule has 1 saturated carbocycles. The summed E-state index contributed by atoms with van der Waals surface area (Å²) in [6, 6.07) is 16.0. The molecule has 9 heteroatoms. The van der Waals surface area contributed by atoms with E-state index in [9.17, 15) is 9.90 Å². The number of carbonyl (C=O) groups is 2. The molecule has 3 heterocycles. The lowest BCUT2D eigenvalue weighted by Gasteiger charge is -2.53. The fraction of sp³-hybridized carbons (Fsp3) is 0.394. The Morgan fingerprint density at radius 3 is 2.36 bits per heavy atom. The molecule has 0 radical (unpaired) electrons. The van der Waals surface area contributed by atoms with Gasteiger partial charge in [0, 0.05) is 29.8 Å². The van der Waals surface area contributed by atoms with Gasteiger partial charge in [-0.2, -0.15) is 0 Å². The van der Waals surface area contributed by atoms with Gasteiger partial charge in [-0.1, -0.05) is 43.5 Å². The van der Waals surface area contributed by atoms with Crippen molar-refractivity contribution < 1.29 is 33.6 Å². The maximum Gasteiger partial charge on any atom is 0.261 e. The fourth-order valence-electron chi connectivity index (χ4n) is 7.45. The average molecular weight is 571 g/mol. The zero-order chi connectivity index (χ0) is 29.2. The van der Waals surface area contributed by atoms with E-state index in [-0.39, 0.29) is 31.2 Å². The quantitative estimate of drug-likeness (QED) is 0.467. The van der Waals surface area contributed by atoms with Crippen LogP contribution in [0.2, 0.25) is 0 Å². The summed E-state index contributed by atoms with van der Waals surface area (Å²) in [6.45, 7) is 1.76. The molecule has 42 heavy (non-hydrogen) atoms. The standard InChI is InChI=1S/C33H34N2O7/c1-32(38)23-12-8-7-11-22(23)30(36)34(18-20-13-14-26(39-2)27(15-20)40-3)33(32)24-16-28-29(42-19-41-28)17-25(24)35(31(33)37)21-9-5-4-6-10-21/h7-8,11-17,21,38H,4-6,9-10,18-19H2,1-3H3/t32-,33?/m0/s1. The number of fused-ring (bicyclic) bond motifs is 4. The third kappa shape index (κ3) is 3.52. The predicted octanol–water partition coefficient (Wildman–Crippen LogP) is 4.87. The highest BCUT2D eigenvalue weighted by molar-refractivity contribution is 6.14. The summed E-state index contributed by atoms with van der Waals surface area (Å²) < 4.78 is 22.5. The fourth-order valence-corrected chi connectivity index (χ4v) is 7.45. The van der Waals surface area contributed by atoms with E-state index >= 15 is 4.79 Å². The summed E-state index contributed by atoms with van der Waals surface area (Å²) in [4.78, 5) is 33.1. The van der Waals surface area contributed by atoms with Crippen LogP contribution in [0, 0.1) is 0 Å². The number of benzene rings is 3. The third-order valence-corrected chi connectivity index (χ3v) is 9.43. The first-order valence-electron chi connectivity index (χ1n) is 14.5. The molecule has 3 aromatic rings. The smallest absolute Gasteiger partial charge is 0.261 e. The van der Waals surface area contributed by atoms with Crippen LogP contribution >= 0.6 is 0 Å². The van der Waals surface area contributed by atoms with Crippen molar-refractivity contribution in [2.75, 3.05) is 25.9 Å². The molecule has 1 spiro atoms.